The standard InChI is InChI=1S/C20H19BrN2O4S/c1-11-5-6-15(25-2)13(7-11)14-10-28-20(22-14)23-19(24)12-8-16(26-3)18(21)17(9-12)27-4/h5-10H,1-4H3,(H,22,23,24). The van der Waals surface area contributed by atoms with Gasteiger partial charge in [-0.2, -0.15) is 0 Å². The van der Waals surface area contributed by atoms with Gasteiger partial charge in [-0.1, -0.05) is 11.6 Å². The lowest BCUT2D eigenvalue weighted by Crippen LogP contribution is -2.12. The molecule has 1 amide bonds. The molecule has 0 spiro atoms. The maximum atomic E-state index is 12.7. The van der Waals surface area contributed by atoms with Gasteiger partial charge >= 0.3 is 0 Å². The molecule has 1 N–H and O–H groups in total. The Balaban J connectivity index is 1.86. The maximum Gasteiger partial charge on any atom is 0.257 e. The summed E-state index contributed by atoms with van der Waals surface area (Å²) in [7, 11) is 4.69. The summed E-state index contributed by atoms with van der Waals surface area (Å²) in [6.45, 7) is 2.01. The molecule has 0 aliphatic heterocycles. The van der Waals surface area contributed by atoms with E-state index in [2.05, 4.69) is 26.2 Å². The molecule has 0 saturated carbocycles. The van der Waals surface area contributed by atoms with Crippen LogP contribution < -0.4 is 19.5 Å². The first-order valence-corrected chi connectivity index (χ1v) is 9.97. The second kappa shape index (κ2) is 8.62. The van der Waals surface area contributed by atoms with Crippen molar-refractivity contribution in [2.75, 3.05) is 26.6 Å². The van der Waals surface area contributed by atoms with Gasteiger partial charge in [-0.05, 0) is 47.1 Å². The Morgan fingerprint density at radius 2 is 1.68 bits per heavy atom. The number of nitrogens with zero attached hydrogens (tertiary/aromatic N) is 1. The fraction of sp³-hybridized carbons (Fsp3) is 0.200. The maximum absolute atomic E-state index is 12.7. The summed E-state index contributed by atoms with van der Waals surface area (Å²) in [6.07, 6.45) is 0. The average molecular weight is 463 g/mol. The fourth-order valence-corrected chi connectivity index (χ4v) is 3.90. The summed E-state index contributed by atoms with van der Waals surface area (Å²) in [5, 5.41) is 5.20. The predicted octanol–water partition coefficient (Wildman–Crippen LogP) is 5.16. The highest BCUT2D eigenvalue weighted by molar-refractivity contribution is 9.10. The Kier molecular flexibility index (Phi) is 6.21. The van der Waals surface area contributed by atoms with Gasteiger partial charge in [-0.3, -0.25) is 10.1 Å². The number of anilines is 1. The minimum Gasteiger partial charge on any atom is -0.496 e. The first kappa shape index (κ1) is 20.2. The van der Waals surface area contributed by atoms with Crippen molar-refractivity contribution in [2.24, 2.45) is 0 Å². The molecule has 0 atom stereocenters. The van der Waals surface area contributed by atoms with Crippen molar-refractivity contribution in [2.45, 2.75) is 6.92 Å². The van der Waals surface area contributed by atoms with Crippen LogP contribution in [0.4, 0.5) is 5.13 Å². The summed E-state index contributed by atoms with van der Waals surface area (Å²) in [4.78, 5) is 17.2. The van der Waals surface area contributed by atoms with E-state index in [1.807, 2.05) is 30.5 Å². The summed E-state index contributed by atoms with van der Waals surface area (Å²) < 4.78 is 16.7. The quantitative estimate of drug-likeness (QED) is 0.547. The predicted molar refractivity (Wildman–Crippen MR) is 114 cm³/mol. The molecule has 3 rings (SSSR count). The number of carbonyl (C=O) groups excluding carboxylic acids is 1. The van der Waals surface area contributed by atoms with Crippen LogP contribution >= 0.6 is 27.3 Å². The highest BCUT2D eigenvalue weighted by atomic mass is 79.9. The zero-order valence-corrected chi connectivity index (χ0v) is 18.2. The number of hydrogen-bond donors (Lipinski definition) is 1. The van der Waals surface area contributed by atoms with E-state index in [0.29, 0.717) is 26.7 Å². The van der Waals surface area contributed by atoms with E-state index >= 15 is 0 Å². The Bertz CT molecular complexity index is 994. The van der Waals surface area contributed by atoms with Crippen molar-refractivity contribution in [1.29, 1.82) is 0 Å². The molecule has 0 bridgehead atoms. The van der Waals surface area contributed by atoms with Crippen molar-refractivity contribution in [3.63, 3.8) is 0 Å². The van der Waals surface area contributed by atoms with Gasteiger partial charge in [-0.25, -0.2) is 4.98 Å². The van der Waals surface area contributed by atoms with Gasteiger partial charge < -0.3 is 14.2 Å². The zero-order valence-electron chi connectivity index (χ0n) is 15.8. The summed E-state index contributed by atoms with van der Waals surface area (Å²) >= 11 is 4.74. The van der Waals surface area contributed by atoms with Crippen molar-refractivity contribution < 1.29 is 19.0 Å². The van der Waals surface area contributed by atoms with E-state index in [0.717, 1.165) is 22.6 Å². The molecular weight excluding hydrogens is 444 g/mol. The van der Waals surface area contributed by atoms with Crippen LogP contribution in [0.1, 0.15) is 15.9 Å². The smallest absolute Gasteiger partial charge is 0.257 e. The van der Waals surface area contributed by atoms with E-state index in [1.165, 1.54) is 25.6 Å². The summed E-state index contributed by atoms with van der Waals surface area (Å²) in [5.41, 5.74) is 3.13. The number of carbonyl (C=O) groups is 1. The number of rotatable bonds is 6. The number of methoxy groups -OCH3 is 3. The van der Waals surface area contributed by atoms with E-state index in [1.54, 1.807) is 19.2 Å². The normalized spacial score (nSPS) is 10.5. The van der Waals surface area contributed by atoms with E-state index in [4.69, 9.17) is 14.2 Å². The number of amides is 1. The van der Waals surface area contributed by atoms with Crippen molar-refractivity contribution in [3.05, 3.63) is 51.3 Å². The molecule has 3 aromatic rings. The van der Waals surface area contributed by atoms with Crippen LogP contribution in [0.2, 0.25) is 0 Å². The highest BCUT2D eigenvalue weighted by Gasteiger charge is 2.17. The number of aromatic nitrogens is 1. The Morgan fingerprint density at radius 1 is 1.04 bits per heavy atom. The van der Waals surface area contributed by atoms with Gasteiger partial charge in [0.2, 0.25) is 0 Å². The third-order valence-electron chi connectivity index (χ3n) is 4.06. The molecule has 1 aromatic heterocycles. The van der Waals surface area contributed by atoms with Crippen molar-refractivity contribution in [3.8, 4) is 28.5 Å². The van der Waals surface area contributed by atoms with Crippen molar-refractivity contribution in [1.82, 2.24) is 4.98 Å². The number of halogens is 1. The molecule has 28 heavy (non-hydrogen) atoms. The van der Waals surface area contributed by atoms with Gasteiger partial charge in [0.1, 0.15) is 21.7 Å². The fourth-order valence-electron chi connectivity index (χ4n) is 2.65. The van der Waals surface area contributed by atoms with Crippen LogP contribution in [0.3, 0.4) is 0 Å². The lowest BCUT2D eigenvalue weighted by atomic mass is 10.1. The molecule has 146 valence electrons. The number of thiazole rings is 1. The molecule has 0 aliphatic rings. The number of nitrogens with one attached hydrogen (secondary N) is 1. The number of aryl methyl sites for hydroxylation is 1. The molecule has 1 heterocycles. The summed E-state index contributed by atoms with van der Waals surface area (Å²) in [6, 6.07) is 9.17. The first-order chi connectivity index (χ1) is 13.5. The van der Waals surface area contributed by atoms with Crippen LogP contribution in [0.25, 0.3) is 11.3 Å². The molecular formula is C20H19BrN2O4S. The molecule has 0 aliphatic carbocycles. The lowest BCUT2D eigenvalue weighted by Gasteiger charge is -2.11. The SMILES string of the molecule is COc1ccc(C)cc1-c1csc(NC(=O)c2cc(OC)c(Br)c(OC)c2)n1. The Morgan fingerprint density at radius 3 is 2.29 bits per heavy atom. The third-order valence-corrected chi connectivity index (χ3v) is 5.60. The molecule has 2 aromatic carbocycles. The van der Waals surface area contributed by atoms with Crippen LogP contribution in [0.5, 0.6) is 17.2 Å². The van der Waals surface area contributed by atoms with Gasteiger partial charge in [0.25, 0.3) is 5.91 Å². The molecule has 0 saturated heterocycles. The molecule has 6 nitrogen and oxygen atoms in total. The van der Waals surface area contributed by atoms with E-state index in [-0.39, 0.29) is 5.91 Å². The van der Waals surface area contributed by atoms with Gasteiger partial charge in [0, 0.05) is 16.5 Å². The number of benzene rings is 2. The summed E-state index contributed by atoms with van der Waals surface area (Å²) in [5.74, 6) is 1.44. The Labute approximate surface area is 175 Å². The van der Waals surface area contributed by atoms with Crippen molar-refractivity contribution >= 4 is 38.3 Å². The molecule has 0 radical (unpaired) electrons. The lowest BCUT2D eigenvalue weighted by molar-refractivity contribution is 0.102. The molecule has 8 heteroatoms. The minimum absolute atomic E-state index is 0.304. The van der Waals surface area contributed by atoms with Crippen LogP contribution in [-0.2, 0) is 0 Å². The van der Waals surface area contributed by atoms with Gasteiger partial charge in [0.05, 0.1) is 27.0 Å². The third kappa shape index (κ3) is 4.13. The molecule has 0 fully saturated rings. The second-order valence-corrected chi connectivity index (χ2v) is 7.54. The largest absolute Gasteiger partial charge is 0.496 e. The first-order valence-electron chi connectivity index (χ1n) is 8.30. The van der Waals surface area contributed by atoms with E-state index < -0.39 is 0 Å². The zero-order chi connectivity index (χ0) is 20.3. The second-order valence-electron chi connectivity index (χ2n) is 5.89. The average Bonchev–Trinajstić information content (AvgIpc) is 3.16. The van der Waals surface area contributed by atoms with Gasteiger partial charge in [-0.15, -0.1) is 11.3 Å². The van der Waals surface area contributed by atoms with Crippen LogP contribution in [0.15, 0.2) is 40.2 Å². The van der Waals surface area contributed by atoms with Crippen LogP contribution in [-0.4, -0.2) is 32.2 Å². The monoisotopic (exact) mass is 462 g/mol. The number of hydrogen-bond acceptors (Lipinski definition) is 6. The minimum atomic E-state index is -0.304. The van der Waals surface area contributed by atoms with Crippen LogP contribution in [0, 0.1) is 6.92 Å². The van der Waals surface area contributed by atoms with Gasteiger partial charge in [0.15, 0.2) is 5.13 Å². The topological polar surface area (TPSA) is 69.7 Å². The van der Waals surface area contributed by atoms with E-state index in [9.17, 15) is 4.79 Å². The number of ether oxygens (including phenoxy) is 3. The highest BCUT2D eigenvalue weighted by Crippen LogP contribution is 2.36. The molecule has 0 unspecified atom stereocenters. The Hall–Kier alpha value is -2.58.